The second kappa shape index (κ2) is 5.30. The monoisotopic (exact) mass is 288 g/mol. The maximum absolute atomic E-state index is 12.2. The first kappa shape index (κ1) is 14.0. The molecule has 0 saturated carbocycles. The van der Waals surface area contributed by atoms with E-state index in [9.17, 15) is 18.3 Å². The van der Waals surface area contributed by atoms with Crippen molar-refractivity contribution in [3.8, 4) is 5.75 Å². The number of aliphatic hydroxyl groups is 1. The lowest BCUT2D eigenvalue weighted by atomic mass is 10.1. The van der Waals surface area contributed by atoms with Crippen LogP contribution in [0.5, 0.6) is 5.75 Å². The smallest absolute Gasteiger partial charge is 0.415 e. The van der Waals surface area contributed by atoms with E-state index in [1.54, 1.807) is 30.3 Å². The Morgan fingerprint density at radius 3 is 2.32 bits per heavy atom. The molecule has 2 N–H and O–H groups in total. The number of alkyl halides is 3. The number of halogens is 3. The van der Waals surface area contributed by atoms with E-state index in [0.29, 0.717) is 15.7 Å². The van der Waals surface area contributed by atoms with Crippen molar-refractivity contribution in [1.82, 2.24) is 0 Å². The van der Waals surface area contributed by atoms with E-state index in [4.69, 9.17) is 5.11 Å². The summed E-state index contributed by atoms with van der Waals surface area (Å²) in [6.45, 7) is 0. The Morgan fingerprint density at radius 1 is 1.05 bits per heavy atom. The van der Waals surface area contributed by atoms with Gasteiger partial charge in [0.15, 0.2) is 6.10 Å². The van der Waals surface area contributed by atoms with Crippen LogP contribution in [0.15, 0.2) is 41.3 Å². The average Bonchev–Trinajstić information content (AvgIpc) is 2.37. The molecular weight excluding hydrogens is 277 g/mol. The van der Waals surface area contributed by atoms with Gasteiger partial charge in [0.2, 0.25) is 0 Å². The highest BCUT2D eigenvalue weighted by atomic mass is 32.2. The number of phenolic OH excluding ortho intramolecular Hbond substituents is 1. The molecular formula is C13H11F3O2S. The quantitative estimate of drug-likeness (QED) is 0.848. The van der Waals surface area contributed by atoms with Crippen LogP contribution in [0.3, 0.4) is 0 Å². The van der Waals surface area contributed by atoms with Crippen LogP contribution in [-0.2, 0) is 0 Å². The number of benzene rings is 2. The van der Waals surface area contributed by atoms with Gasteiger partial charge in [-0.05, 0) is 17.5 Å². The summed E-state index contributed by atoms with van der Waals surface area (Å²) in [6, 6.07) is 9.87. The summed E-state index contributed by atoms with van der Waals surface area (Å²) in [6.07, 6.45) is -6.97. The summed E-state index contributed by atoms with van der Waals surface area (Å²) in [5.41, 5.74) is 0. The van der Waals surface area contributed by atoms with Crippen LogP contribution in [0.1, 0.15) is 0 Å². The lowest BCUT2D eigenvalue weighted by Crippen LogP contribution is -2.30. The van der Waals surface area contributed by atoms with Crippen molar-refractivity contribution >= 4 is 22.5 Å². The highest BCUT2D eigenvalue weighted by molar-refractivity contribution is 7.99. The predicted octanol–water partition coefficient (Wildman–Crippen LogP) is 3.56. The third-order valence-corrected chi connectivity index (χ3v) is 3.79. The van der Waals surface area contributed by atoms with Gasteiger partial charge >= 0.3 is 6.18 Å². The van der Waals surface area contributed by atoms with Crippen molar-refractivity contribution in [2.24, 2.45) is 0 Å². The molecule has 19 heavy (non-hydrogen) atoms. The molecule has 0 radical (unpaired) electrons. The zero-order valence-corrected chi connectivity index (χ0v) is 10.5. The molecule has 0 aliphatic heterocycles. The van der Waals surface area contributed by atoms with E-state index in [2.05, 4.69) is 0 Å². The Kier molecular flexibility index (Phi) is 3.91. The van der Waals surface area contributed by atoms with Gasteiger partial charge in [-0.15, -0.1) is 11.8 Å². The lowest BCUT2D eigenvalue weighted by molar-refractivity contribution is -0.195. The minimum Gasteiger partial charge on any atom is -0.507 e. The highest BCUT2D eigenvalue weighted by Gasteiger charge is 2.37. The highest BCUT2D eigenvalue weighted by Crippen LogP contribution is 2.34. The van der Waals surface area contributed by atoms with E-state index < -0.39 is 18.0 Å². The first-order valence-electron chi connectivity index (χ1n) is 5.48. The second-order valence-corrected chi connectivity index (χ2v) is 5.06. The maximum atomic E-state index is 12.2. The van der Waals surface area contributed by atoms with Gasteiger partial charge in [0, 0.05) is 16.0 Å². The molecule has 0 aliphatic rings. The molecule has 2 aromatic carbocycles. The van der Waals surface area contributed by atoms with Gasteiger partial charge in [-0.1, -0.05) is 24.3 Å². The molecule has 0 saturated heterocycles. The van der Waals surface area contributed by atoms with Crippen molar-refractivity contribution in [3.05, 3.63) is 36.4 Å². The first-order chi connectivity index (χ1) is 8.89. The summed E-state index contributed by atoms with van der Waals surface area (Å²) in [7, 11) is 0. The molecule has 102 valence electrons. The molecule has 0 fully saturated rings. The van der Waals surface area contributed by atoms with Crippen LogP contribution >= 0.6 is 11.8 Å². The van der Waals surface area contributed by atoms with Crippen molar-refractivity contribution in [3.63, 3.8) is 0 Å². The molecule has 1 unspecified atom stereocenters. The van der Waals surface area contributed by atoms with E-state index >= 15 is 0 Å². The molecule has 0 amide bonds. The van der Waals surface area contributed by atoms with Crippen LogP contribution in [0, 0.1) is 0 Å². The lowest BCUT2D eigenvalue weighted by Gasteiger charge is -2.14. The molecule has 6 heteroatoms. The largest absolute Gasteiger partial charge is 0.507 e. The summed E-state index contributed by atoms with van der Waals surface area (Å²) < 4.78 is 36.7. The Balaban J connectivity index is 2.25. The summed E-state index contributed by atoms with van der Waals surface area (Å²) in [5.74, 6) is -0.394. The molecule has 1 atom stereocenters. The second-order valence-electron chi connectivity index (χ2n) is 4.00. The number of hydrogen-bond acceptors (Lipinski definition) is 3. The predicted molar refractivity (Wildman–Crippen MR) is 68.4 cm³/mol. The fourth-order valence-corrected chi connectivity index (χ4v) is 2.67. The zero-order chi connectivity index (χ0) is 14.0. The molecule has 2 nitrogen and oxygen atoms in total. The minimum atomic E-state index is -4.61. The fraction of sp³-hybridized carbons (Fsp3) is 0.231. The normalized spacial score (nSPS) is 13.7. The van der Waals surface area contributed by atoms with Crippen LogP contribution in [0.2, 0.25) is 0 Å². The molecule has 0 aliphatic carbocycles. The molecule has 0 aromatic heterocycles. The maximum Gasteiger partial charge on any atom is 0.415 e. The molecule has 2 rings (SSSR count). The van der Waals surface area contributed by atoms with Gasteiger partial charge in [-0.2, -0.15) is 13.2 Å². The third-order valence-electron chi connectivity index (χ3n) is 2.64. The molecule has 0 spiro atoms. The van der Waals surface area contributed by atoms with Crippen molar-refractivity contribution in [2.75, 3.05) is 5.75 Å². The number of phenols is 1. The van der Waals surface area contributed by atoms with Crippen molar-refractivity contribution in [1.29, 1.82) is 0 Å². The minimum absolute atomic E-state index is 0.0799. The Hall–Kier alpha value is -1.40. The number of rotatable bonds is 3. The van der Waals surface area contributed by atoms with Crippen molar-refractivity contribution in [2.45, 2.75) is 17.2 Å². The van der Waals surface area contributed by atoms with Gasteiger partial charge < -0.3 is 10.2 Å². The zero-order valence-electron chi connectivity index (χ0n) is 9.69. The summed E-state index contributed by atoms with van der Waals surface area (Å²) in [4.78, 5) is 0.594. The summed E-state index contributed by atoms with van der Waals surface area (Å²) in [5, 5.41) is 19.9. The Bertz CT molecular complexity index is 584. The Morgan fingerprint density at radius 2 is 1.68 bits per heavy atom. The number of thioether (sulfide) groups is 1. The van der Waals surface area contributed by atoms with E-state index in [1.165, 1.54) is 6.07 Å². The number of hydrogen-bond donors (Lipinski definition) is 2. The fourth-order valence-electron chi connectivity index (χ4n) is 1.64. The number of fused-ring (bicyclic) bond motifs is 1. The number of aromatic hydroxyl groups is 1. The van der Waals surface area contributed by atoms with E-state index in [0.717, 1.165) is 11.8 Å². The SMILES string of the molecule is Oc1ccc(SCC(O)C(F)(F)F)c2ccccc12. The first-order valence-corrected chi connectivity index (χ1v) is 6.46. The van der Waals surface area contributed by atoms with Gasteiger partial charge in [0.05, 0.1) is 0 Å². The number of aliphatic hydroxyl groups excluding tert-OH is 1. The van der Waals surface area contributed by atoms with Gasteiger partial charge in [-0.3, -0.25) is 0 Å². The van der Waals surface area contributed by atoms with Gasteiger partial charge in [0.1, 0.15) is 5.75 Å². The van der Waals surface area contributed by atoms with Crippen LogP contribution in [-0.4, -0.2) is 28.2 Å². The molecule has 0 bridgehead atoms. The van der Waals surface area contributed by atoms with E-state index in [-0.39, 0.29) is 5.75 Å². The van der Waals surface area contributed by atoms with Crippen LogP contribution in [0.4, 0.5) is 13.2 Å². The molecule has 0 heterocycles. The van der Waals surface area contributed by atoms with Gasteiger partial charge in [0.25, 0.3) is 0 Å². The summed E-state index contributed by atoms with van der Waals surface area (Å²) >= 11 is 0.912. The van der Waals surface area contributed by atoms with Crippen molar-refractivity contribution < 1.29 is 23.4 Å². The van der Waals surface area contributed by atoms with Gasteiger partial charge in [-0.25, -0.2) is 0 Å². The van der Waals surface area contributed by atoms with Crippen LogP contribution in [0.25, 0.3) is 10.8 Å². The van der Waals surface area contributed by atoms with E-state index in [1.807, 2.05) is 0 Å². The average molecular weight is 288 g/mol. The third kappa shape index (κ3) is 3.13. The topological polar surface area (TPSA) is 40.5 Å². The standard InChI is InChI=1S/C13H11F3O2S/c14-13(15,16)12(18)7-19-11-6-5-10(17)8-3-1-2-4-9(8)11/h1-6,12,17-18H,7H2. The van der Waals surface area contributed by atoms with Crippen LogP contribution < -0.4 is 0 Å². The Labute approximate surface area is 111 Å². The molecule has 2 aromatic rings.